The Morgan fingerprint density at radius 3 is 3.05 bits per heavy atom. The maximum Gasteiger partial charge on any atom is 0.270 e. The second-order valence-electron chi connectivity index (χ2n) is 5.08. The molecule has 0 aromatic heterocycles. The van der Waals surface area contributed by atoms with Crippen LogP contribution in [0.2, 0.25) is 0 Å². The summed E-state index contributed by atoms with van der Waals surface area (Å²) in [5, 5.41) is 29.6. The molecule has 1 saturated heterocycles. The highest BCUT2D eigenvalue weighted by Gasteiger charge is 2.27. The van der Waals surface area contributed by atoms with Gasteiger partial charge in [0, 0.05) is 18.7 Å². The van der Waals surface area contributed by atoms with Crippen molar-refractivity contribution in [1.82, 2.24) is 0 Å². The van der Waals surface area contributed by atoms with Crippen LogP contribution in [0, 0.1) is 21.4 Å². The molecular formula is C14H17N3O4. The molecule has 1 aliphatic rings. The molecule has 0 saturated carbocycles. The predicted octanol–water partition coefficient (Wildman–Crippen LogP) is 1.44. The molecule has 1 N–H and O–H groups in total. The summed E-state index contributed by atoms with van der Waals surface area (Å²) in [5.74, 6) is 0. The lowest BCUT2D eigenvalue weighted by Crippen LogP contribution is -2.47. The smallest absolute Gasteiger partial charge is 0.270 e. The molecule has 1 fully saturated rings. The summed E-state index contributed by atoms with van der Waals surface area (Å²) >= 11 is 0. The number of anilines is 1. The molecule has 2 unspecified atom stereocenters. The first-order valence-electron chi connectivity index (χ1n) is 6.74. The summed E-state index contributed by atoms with van der Waals surface area (Å²) in [7, 11) is 0. The quantitative estimate of drug-likeness (QED) is 0.665. The van der Waals surface area contributed by atoms with Gasteiger partial charge in [0.15, 0.2) is 0 Å². The first kappa shape index (κ1) is 15.2. The number of nitrogens with zero attached hydrogens (tertiary/aromatic N) is 3. The van der Waals surface area contributed by atoms with Gasteiger partial charge in [0.05, 0.1) is 41.5 Å². The number of ether oxygens (including phenoxy) is 1. The van der Waals surface area contributed by atoms with Gasteiger partial charge in [0.1, 0.15) is 6.07 Å². The Morgan fingerprint density at radius 1 is 1.67 bits per heavy atom. The Hall–Kier alpha value is -2.17. The zero-order chi connectivity index (χ0) is 15.4. The fourth-order valence-corrected chi connectivity index (χ4v) is 2.54. The van der Waals surface area contributed by atoms with Gasteiger partial charge < -0.3 is 14.7 Å². The van der Waals surface area contributed by atoms with E-state index in [1.165, 1.54) is 12.1 Å². The van der Waals surface area contributed by atoms with E-state index in [9.17, 15) is 20.5 Å². The number of nitro benzene ring substituents is 1. The third-order valence-corrected chi connectivity index (χ3v) is 3.46. The van der Waals surface area contributed by atoms with Crippen LogP contribution in [0.3, 0.4) is 0 Å². The van der Waals surface area contributed by atoms with Crippen molar-refractivity contribution in [3.8, 4) is 6.07 Å². The number of nitro groups is 1. The molecule has 2 atom stereocenters. The van der Waals surface area contributed by atoms with Crippen molar-refractivity contribution < 1.29 is 14.8 Å². The maximum absolute atomic E-state index is 10.8. The van der Waals surface area contributed by atoms with E-state index in [1.807, 2.05) is 11.0 Å². The van der Waals surface area contributed by atoms with Crippen molar-refractivity contribution >= 4 is 11.4 Å². The molecule has 7 heteroatoms. The van der Waals surface area contributed by atoms with Gasteiger partial charge in [-0.2, -0.15) is 5.26 Å². The van der Waals surface area contributed by atoms with E-state index in [0.29, 0.717) is 31.9 Å². The zero-order valence-corrected chi connectivity index (χ0v) is 11.7. The molecule has 1 heterocycles. The van der Waals surface area contributed by atoms with Crippen molar-refractivity contribution in [3.63, 3.8) is 0 Å². The van der Waals surface area contributed by atoms with Crippen LogP contribution in [0.1, 0.15) is 18.9 Å². The predicted molar refractivity (Wildman–Crippen MR) is 76.1 cm³/mol. The molecule has 1 aliphatic heterocycles. The standard InChI is InChI=1S/C14H17N3O4/c1-10(18)6-13-9-21-5-4-16(13)14-3-2-12(17(19)20)7-11(14)8-15/h2-3,7,10,13,18H,4-6,9H2,1H3. The van der Waals surface area contributed by atoms with Crippen LogP contribution in [0.5, 0.6) is 0 Å². The number of hydrogen-bond acceptors (Lipinski definition) is 6. The highest BCUT2D eigenvalue weighted by atomic mass is 16.6. The summed E-state index contributed by atoms with van der Waals surface area (Å²) in [6, 6.07) is 6.23. The maximum atomic E-state index is 10.8. The molecular weight excluding hydrogens is 274 g/mol. The Bertz CT molecular complexity index is 568. The second kappa shape index (κ2) is 6.52. The number of nitriles is 1. The fourth-order valence-electron chi connectivity index (χ4n) is 2.54. The Kier molecular flexibility index (Phi) is 4.73. The number of non-ortho nitro benzene ring substituents is 1. The van der Waals surface area contributed by atoms with Gasteiger partial charge in [-0.15, -0.1) is 0 Å². The number of rotatable bonds is 4. The first-order chi connectivity index (χ1) is 10.0. The van der Waals surface area contributed by atoms with E-state index >= 15 is 0 Å². The lowest BCUT2D eigenvalue weighted by molar-refractivity contribution is -0.384. The van der Waals surface area contributed by atoms with E-state index < -0.39 is 11.0 Å². The molecule has 1 aromatic carbocycles. The number of benzene rings is 1. The highest BCUT2D eigenvalue weighted by Crippen LogP contribution is 2.28. The largest absolute Gasteiger partial charge is 0.393 e. The molecule has 0 aliphatic carbocycles. The molecule has 21 heavy (non-hydrogen) atoms. The molecule has 0 amide bonds. The lowest BCUT2D eigenvalue weighted by Gasteiger charge is -2.38. The van der Waals surface area contributed by atoms with E-state index in [2.05, 4.69) is 0 Å². The molecule has 0 radical (unpaired) electrons. The third-order valence-electron chi connectivity index (χ3n) is 3.46. The van der Waals surface area contributed by atoms with Crippen molar-refractivity contribution in [1.29, 1.82) is 5.26 Å². The van der Waals surface area contributed by atoms with Gasteiger partial charge in [-0.3, -0.25) is 10.1 Å². The molecule has 2 rings (SSSR count). The fraction of sp³-hybridized carbons (Fsp3) is 0.500. The van der Waals surface area contributed by atoms with Crippen LogP contribution in [0.25, 0.3) is 0 Å². The second-order valence-corrected chi connectivity index (χ2v) is 5.08. The number of aliphatic hydroxyl groups excluding tert-OH is 1. The topological polar surface area (TPSA) is 99.6 Å². The van der Waals surface area contributed by atoms with E-state index in [4.69, 9.17) is 4.74 Å². The first-order valence-corrected chi connectivity index (χ1v) is 6.74. The SMILES string of the molecule is CC(O)CC1COCCN1c1ccc([N+](=O)[O-])cc1C#N. The number of aliphatic hydroxyl groups is 1. The minimum Gasteiger partial charge on any atom is -0.393 e. The van der Waals surface area contributed by atoms with Gasteiger partial charge in [-0.05, 0) is 19.4 Å². The zero-order valence-electron chi connectivity index (χ0n) is 11.7. The summed E-state index contributed by atoms with van der Waals surface area (Å²) in [5.41, 5.74) is 0.814. The van der Waals surface area contributed by atoms with Gasteiger partial charge in [-0.25, -0.2) is 0 Å². The van der Waals surface area contributed by atoms with Gasteiger partial charge in [0.25, 0.3) is 5.69 Å². The van der Waals surface area contributed by atoms with Crippen LogP contribution in [0.15, 0.2) is 18.2 Å². The lowest BCUT2D eigenvalue weighted by atomic mass is 10.0. The van der Waals surface area contributed by atoms with Crippen LogP contribution >= 0.6 is 0 Å². The summed E-state index contributed by atoms with van der Waals surface area (Å²) in [6.07, 6.45) is 0.0322. The van der Waals surface area contributed by atoms with E-state index in [-0.39, 0.29) is 17.3 Å². The Labute approximate surface area is 122 Å². The van der Waals surface area contributed by atoms with Crippen LogP contribution < -0.4 is 4.90 Å². The van der Waals surface area contributed by atoms with E-state index in [0.717, 1.165) is 0 Å². The van der Waals surface area contributed by atoms with E-state index in [1.54, 1.807) is 13.0 Å². The molecule has 0 bridgehead atoms. The van der Waals surface area contributed by atoms with Gasteiger partial charge in [-0.1, -0.05) is 0 Å². The van der Waals surface area contributed by atoms with Gasteiger partial charge in [0.2, 0.25) is 0 Å². The van der Waals surface area contributed by atoms with Crippen molar-refractivity contribution in [3.05, 3.63) is 33.9 Å². The number of morpholine rings is 1. The molecule has 0 spiro atoms. The molecule has 1 aromatic rings. The highest BCUT2D eigenvalue weighted by molar-refractivity contribution is 5.63. The minimum atomic E-state index is -0.517. The van der Waals surface area contributed by atoms with Crippen molar-refractivity contribution in [2.75, 3.05) is 24.7 Å². The monoisotopic (exact) mass is 291 g/mol. The Morgan fingerprint density at radius 2 is 2.43 bits per heavy atom. The Balaban J connectivity index is 2.34. The van der Waals surface area contributed by atoms with Gasteiger partial charge >= 0.3 is 0 Å². The molecule has 112 valence electrons. The molecule has 7 nitrogen and oxygen atoms in total. The van der Waals surface area contributed by atoms with Crippen LogP contribution in [-0.2, 0) is 4.74 Å². The normalized spacial score (nSPS) is 19.9. The van der Waals surface area contributed by atoms with Crippen molar-refractivity contribution in [2.45, 2.75) is 25.5 Å². The van der Waals surface area contributed by atoms with Crippen LogP contribution in [0.4, 0.5) is 11.4 Å². The average molecular weight is 291 g/mol. The summed E-state index contributed by atoms with van der Waals surface area (Å²) in [4.78, 5) is 12.3. The van der Waals surface area contributed by atoms with Crippen LogP contribution in [-0.4, -0.2) is 41.9 Å². The minimum absolute atomic E-state index is 0.0488. The summed E-state index contributed by atoms with van der Waals surface area (Å²) in [6.45, 7) is 3.28. The van der Waals surface area contributed by atoms with Crippen molar-refractivity contribution in [2.24, 2.45) is 0 Å². The average Bonchev–Trinajstić information content (AvgIpc) is 2.46. The summed E-state index contributed by atoms with van der Waals surface area (Å²) < 4.78 is 5.43. The number of hydrogen-bond donors (Lipinski definition) is 1. The third kappa shape index (κ3) is 3.48.